The lowest BCUT2D eigenvalue weighted by molar-refractivity contribution is 0.185. The number of anilines is 1. The standard InChI is InChI=1S/C19H33NO/c1-4-6-8-12-18(13-9-7-5-2)20-19-14-10-11-17(15-19)16-21-3/h10-11,14-15,18,20H,4-9,12-13,16H2,1-3H3. The van der Waals surface area contributed by atoms with Gasteiger partial charge in [0.25, 0.3) is 0 Å². The number of nitrogens with one attached hydrogen (secondary N) is 1. The molecule has 0 radical (unpaired) electrons. The summed E-state index contributed by atoms with van der Waals surface area (Å²) in [5.41, 5.74) is 2.48. The van der Waals surface area contributed by atoms with Crippen LogP contribution in [0.5, 0.6) is 0 Å². The maximum Gasteiger partial charge on any atom is 0.0713 e. The average Bonchev–Trinajstić information content (AvgIpc) is 2.48. The predicted octanol–water partition coefficient (Wildman–Crippen LogP) is 5.77. The van der Waals surface area contributed by atoms with Crippen LogP contribution in [0.15, 0.2) is 24.3 Å². The van der Waals surface area contributed by atoms with Crippen LogP contribution in [-0.4, -0.2) is 13.2 Å². The van der Waals surface area contributed by atoms with Gasteiger partial charge in [-0.25, -0.2) is 0 Å². The molecule has 0 saturated carbocycles. The maximum absolute atomic E-state index is 5.22. The first-order valence-corrected chi connectivity index (χ1v) is 8.64. The van der Waals surface area contributed by atoms with E-state index in [9.17, 15) is 0 Å². The Balaban J connectivity index is 2.54. The lowest BCUT2D eigenvalue weighted by Gasteiger charge is -2.20. The van der Waals surface area contributed by atoms with E-state index in [1.54, 1.807) is 7.11 Å². The molecule has 0 unspecified atom stereocenters. The molecule has 120 valence electrons. The molecule has 0 heterocycles. The van der Waals surface area contributed by atoms with Gasteiger partial charge >= 0.3 is 0 Å². The molecule has 2 heteroatoms. The van der Waals surface area contributed by atoms with Crippen molar-refractivity contribution in [1.82, 2.24) is 0 Å². The van der Waals surface area contributed by atoms with Crippen LogP contribution < -0.4 is 5.32 Å². The zero-order chi connectivity index (χ0) is 15.3. The number of rotatable bonds is 12. The van der Waals surface area contributed by atoms with E-state index in [1.165, 1.54) is 62.6 Å². The van der Waals surface area contributed by atoms with E-state index in [0.717, 1.165) is 0 Å². The van der Waals surface area contributed by atoms with Crippen LogP contribution >= 0.6 is 0 Å². The molecule has 0 aliphatic rings. The lowest BCUT2D eigenvalue weighted by atomic mass is 10.0. The second-order valence-corrected chi connectivity index (χ2v) is 5.97. The SMILES string of the molecule is CCCCCC(CCCCC)Nc1cccc(COC)c1. The van der Waals surface area contributed by atoms with E-state index in [-0.39, 0.29) is 0 Å². The predicted molar refractivity (Wildman–Crippen MR) is 92.8 cm³/mol. The molecule has 0 fully saturated rings. The van der Waals surface area contributed by atoms with E-state index >= 15 is 0 Å². The van der Waals surface area contributed by atoms with E-state index in [2.05, 4.69) is 43.4 Å². The third-order valence-corrected chi connectivity index (χ3v) is 3.92. The van der Waals surface area contributed by atoms with Gasteiger partial charge in [-0.05, 0) is 30.5 Å². The number of hydrogen-bond donors (Lipinski definition) is 1. The molecule has 1 aromatic rings. The van der Waals surface area contributed by atoms with Crippen molar-refractivity contribution >= 4 is 5.69 Å². The molecule has 0 bridgehead atoms. The molecular weight excluding hydrogens is 258 g/mol. The Morgan fingerprint density at radius 3 is 2.24 bits per heavy atom. The highest BCUT2D eigenvalue weighted by Crippen LogP contribution is 2.18. The number of unbranched alkanes of at least 4 members (excludes halogenated alkanes) is 4. The Kier molecular flexibility index (Phi) is 9.98. The summed E-state index contributed by atoms with van der Waals surface area (Å²) < 4.78 is 5.22. The normalized spacial score (nSPS) is 11.0. The number of hydrogen-bond acceptors (Lipinski definition) is 2. The number of benzene rings is 1. The monoisotopic (exact) mass is 291 g/mol. The minimum absolute atomic E-state index is 0.612. The highest BCUT2D eigenvalue weighted by atomic mass is 16.5. The summed E-state index contributed by atoms with van der Waals surface area (Å²) in [7, 11) is 1.75. The smallest absolute Gasteiger partial charge is 0.0713 e. The van der Waals surface area contributed by atoms with Crippen LogP contribution in [0.25, 0.3) is 0 Å². The zero-order valence-corrected chi connectivity index (χ0v) is 14.2. The summed E-state index contributed by atoms with van der Waals surface area (Å²) in [4.78, 5) is 0. The van der Waals surface area contributed by atoms with Gasteiger partial charge in [0, 0.05) is 18.8 Å². The van der Waals surface area contributed by atoms with Crippen LogP contribution in [0, 0.1) is 0 Å². The minimum Gasteiger partial charge on any atom is -0.382 e. The zero-order valence-electron chi connectivity index (χ0n) is 14.2. The third kappa shape index (κ3) is 8.11. The molecule has 0 aromatic heterocycles. The number of methoxy groups -OCH3 is 1. The summed E-state index contributed by atoms with van der Waals surface area (Å²) >= 11 is 0. The highest BCUT2D eigenvalue weighted by molar-refractivity contribution is 5.46. The van der Waals surface area contributed by atoms with Crippen molar-refractivity contribution < 1.29 is 4.74 Å². The largest absolute Gasteiger partial charge is 0.382 e. The van der Waals surface area contributed by atoms with Gasteiger partial charge < -0.3 is 10.1 Å². The molecule has 0 saturated heterocycles. The lowest BCUT2D eigenvalue weighted by Crippen LogP contribution is -2.19. The molecule has 2 nitrogen and oxygen atoms in total. The summed E-state index contributed by atoms with van der Waals surface area (Å²) in [5.74, 6) is 0. The molecule has 1 rings (SSSR count). The fraction of sp³-hybridized carbons (Fsp3) is 0.684. The van der Waals surface area contributed by atoms with Gasteiger partial charge in [-0.3, -0.25) is 0 Å². The van der Waals surface area contributed by atoms with Gasteiger partial charge in [-0.15, -0.1) is 0 Å². The van der Waals surface area contributed by atoms with Crippen molar-refractivity contribution in [1.29, 1.82) is 0 Å². The molecule has 1 aromatic carbocycles. The van der Waals surface area contributed by atoms with Crippen molar-refractivity contribution in [2.24, 2.45) is 0 Å². The highest BCUT2D eigenvalue weighted by Gasteiger charge is 2.08. The fourth-order valence-electron chi connectivity index (χ4n) is 2.72. The molecular formula is C19H33NO. The van der Waals surface area contributed by atoms with E-state index in [4.69, 9.17) is 4.74 Å². The van der Waals surface area contributed by atoms with Gasteiger partial charge in [-0.1, -0.05) is 64.5 Å². The molecule has 0 aliphatic carbocycles. The summed E-state index contributed by atoms with van der Waals surface area (Å²) in [6.07, 6.45) is 10.5. The van der Waals surface area contributed by atoms with Crippen molar-refractivity contribution in [3.63, 3.8) is 0 Å². The fourth-order valence-corrected chi connectivity index (χ4v) is 2.72. The van der Waals surface area contributed by atoms with E-state index in [0.29, 0.717) is 12.6 Å². The molecule has 0 atom stereocenters. The van der Waals surface area contributed by atoms with Gasteiger partial charge in [0.05, 0.1) is 6.61 Å². The summed E-state index contributed by atoms with van der Waals surface area (Å²) in [6.45, 7) is 5.23. The molecule has 0 spiro atoms. The number of ether oxygens (including phenoxy) is 1. The van der Waals surface area contributed by atoms with Gasteiger partial charge in [0.2, 0.25) is 0 Å². The summed E-state index contributed by atoms with van der Waals surface area (Å²) in [5, 5.41) is 3.74. The van der Waals surface area contributed by atoms with Gasteiger partial charge in [-0.2, -0.15) is 0 Å². The second kappa shape index (κ2) is 11.6. The Bertz CT molecular complexity index is 354. The first-order chi connectivity index (χ1) is 10.3. The van der Waals surface area contributed by atoms with Gasteiger partial charge in [0.1, 0.15) is 0 Å². The Labute approximate surface area is 131 Å². The van der Waals surface area contributed by atoms with Crippen molar-refractivity contribution in [3.8, 4) is 0 Å². The van der Waals surface area contributed by atoms with Crippen LogP contribution in [-0.2, 0) is 11.3 Å². The topological polar surface area (TPSA) is 21.3 Å². The Morgan fingerprint density at radius 2 is 1.67 bits per heavy atom. The van der Waals surface area contributed by atoms with Crippen LogP contribution in [0.1, 0.15) is 70.8 Å². The van der Waals surface area contributed by atoms with E-state index < -0.39 is 0 Å². The van der Waals surface area contributed by atoms with Crippen molar-refractivity contribution in [2.75, 3.05) is 12.4 Å². The van der Waals surface area contributed by atoms with Crippen LogP contribution in [0.4, 0.5) is 5.69 Å². The Morgan fingerprint density at radius 1 is 1.00 bits per heavy atom. The first kappa shape index (κ1) is 18.0. The Hall–Kier alpha value is -1.02. The molecule has 0 amide bonds. The summed E-state index contributed by atoms with van der Waals surface area (Å²) in [6, 6.07) is 9.24. The average molecular weight is 291 g/mol. The first-order valence-electron chi connectivity index (χ1n) is 8.64. The molecule has 1 N–H and O–H groups in total. The third-order valence-electron chi connectivity index (χ3n) is 3.92. The minimum atomic E-state index is 0.612. The van der Waals surface area contributed by atoms with Crippen molar-refractivity contribution in [3.05, 3.63) is 29.8 Å². The molecule has 0 aliphatic heterocycles. The van der Waals surface area contributed by atoms with Crippen LogP contribution in [0.2, 0.25) is 0 Å². The second-order valence-electron chi connectivity index (χ2n) is 5.97. The van der Waals surface area contributed by atoms with Crippen molar-refractivity contribution in [2.45, 2.75) is 77.9 Å². The van der Waals surface area contributed by atoms with Crippen LogP contribution in [0.3, 0.4) is 0 Å². The quantitative estimate of drug-likeness (QED) is 0.493. The molecule has 21 heavy (non-hydrogen) atoms. The maximum atomic E-state index is 5.22. The van der Waals surface area contributed by atoms with Gasteiger partial charge in [0.15, 0.2) is 0 Å². The van der Waals surface area contributed by atoms with E-state index in [1.807, 2.05) is 0 Å².